The molecule has 0 aromatic heterocycles. The maximum atomic E-state index is 12.8. The van der Waals surface area contributed by atoms with Crippen LogP contribution in [0.2, 0.25) is 0 Å². The molecule has 0 bridgehead atoms. The van der Waals surface area contributed by atoms with E-state index >= 15 is 0 Å². The monoisotopic (exact) mass is 348 g/mol. The second-order valence-corrected chi connectivity index (χ2v) is 7.11. The van der Waals surface area contributed by atoms with Gasteiger partial charge in [-0.3, -0.25) is 4.79 Å². The summed E-state index contributed by atoms with van der Waals surface area (Å²) in [5, 5.41) is 0. The molecule has 0 spiro atoms. The van der Waals surface area contributed by atoms with Crippen LogP contribution < -0.4 is 10.5 Å². The van der Waals surface area contributed by atoms with Crippen molar-refractivity contribution in [3.8, 4) is 5.75 Å². The molecule has 128 valence electrons. The lowest BCUT2D eigenvalue weighted by atomic mass is 10.1. The molecule has 1 amide bonds. The molecular formula is C17H20N2O4S. The molecule has 24 heavy (non-hydrogen) atoms. The first kappa shape index (κ1) is 18.0. The number of nitrogens with zero attached hydrogens (tertiary/aromatic N) is 1. The van der Waals surface area contributed by atoms with Gasteiger partial charge in [0.05, 0.1) is 12.0 Å². The quantitative estimate of drug-likeness (QED) is 0.829. The zero-order valence-electron chi connectivity index (χ0n) is 13.6. The van der Waals surface area contributed by atoms with Gasteiger partial charge in [0.15, 0.2) is 0 Å². The number of benzene rings is 2. The minimum atomic E-state index is -3.61. The molecule has 0 aliphatic rings. The van der Waals surface area contributed by atoms with Gasteiger partial charge in [0.1, 0.15) is 5.75 Å². The fourth-order valence-electron chi connectivity index (χ4n) is 2.24. The first-order valence-electron chi connectivity index (χ1n) is 7.41. The number of rotatable bonds is 7. The number of ether oxygens (including phenoxy) is 1. The van der Waals surface area contributed by atoms with E-state index in [1.807, 2.05) is 0 Å². The molecular weight excluding hydrogens is 328 g/mol. The van der Waals surface area contributed by atoms with Crippen molar-refractivity contribution >= 4 is 15.9 Å². The van der Waals surface area contributed by atoms with Gasteiger partial charge in [-0.1, -0.05) is 19.1 Å². The standard InChI is InChI=1S/C17H20N2O4S/c1-3-19(12-13-4-6-14(7-5-13)17(18)20)24(21,22)16-10-8-15(23-2)9-11-16/h4-11H,3,12H2,1-2H3,(H2,18,20). The van der Waals surface area contributed by atoms with Gasteiger partial charge in [0.2, 0.25) is 15.9 Å². The highest BCUT2D eigenvalue weighted by molar-refractivity contribution is 7.89. The van der Waals surface area contributed by atoms with E-state index in [1.54, 1.807) is 43.3 Å². The third-order valence-electron chi connectivity index (χ3n) is 3.65. The SMILES string of the molecule is CCN(Cc1ccc(C(N)=O)cc1)S(=O)(=O)c1ccc(OC)cc1. The Morgan fingerprint density at radius 1 is 1.08 bits per heavy atom. The highest BCUT2D eigenvalue weighted by Gasteiger charge is 2.23. The van der Waals surface area contributed by atoms with Crippen LogP contribution in [0.25, 0.3) is 0 Å². The molecule has 2 rings (SSSR count). The van der Waals surface area contributed by atoms with Crippen LogP contribution in [-0.2, 0) is 16.6 Å². The molecule has 0 heterocycles. The number of amides is 1. The minimum absolute atomic E-state index is 0.207. The van der Waals surface area contributed by atoms with E-state index < -0.39 is 15.9 Å². The summed E-state index contributed by atoms with van der Waals surface area (Å²) in [6, 6.07) is 12.8. The van der Waals surface area contributed by atoms with Crippen molar-refractivity contribution in [3.05, 3.63) is 59.7 Å². The summed E-state index contributed by atoms with van der Waals surface area (Å²) in [4.78, 5) is 11.3. The van der Waals surface area contributed by atoms with Crippen LogP contribution in [0.1, 0.15) is 22.8 Å². The summed E-state index contributed by atoms with van der Waals surface area (Å²) in [6.45, 7) is 2.31. The summed E-state index contributed by atoms with van der Waals surface area (Å²) in [5.41, 5.74) is 6.37. The molecule has 0 saturated heterocycles. The van der Waals surface area contributed by atoms with Crippen molar-refractivity contribution in [3.63, 3.8) is 0 Å². The smallest absolute Gasteiger partial charge is 0.248 e. The summed E-state index contributed by atoms with van der Waals surface area (Å²) in [7, 11) is -2.09. The number of carbonyl (C=O) groups is 1. The van der Waals surface area contributed by atoms with E-state index in [0.717, 1.165) is 5.56 Å². The zero-order valence-corrected chi connectivity index (χ0v) is 14.4. The number of methoxy groups -OCH3 is 1. The molecule has 2 aromatic carbocycles. The Bertz CT molecular complexity index is 799. The molecule has 0 radical (unpaired) electrons. The van der Waals surface area contributed by atoms with E-state index in [1.165, 1.54) is 23.5 Å². The van der Waals surface area contributed by atoms with Crippen LogP contribution in [0.4, 0.5) is 0 Å². The molecule has 0 saturated carbocycles. The summed E-state index contributed by atoms with van der Waals surface area (Å²) in [5.74, 6) is 0.0822. The van der Waals surface area contributed by atoms with E-state index in [-0.39, 0.29) is 11.4 Å². The lowest BCUT2D eigenvalue weighted by Gasteiger charge is -2.21. The van der Waals surface area contributed by atoms with Crippen LogP contribution in [0.5, 0.6) is 5.75 Å². The minimum Gasteiger partial charge on any atom is -0.497 e. The highest BCUT2D eigenvalue weighted by atomic mass is 32.2. The van der Waals surface area contributed by atoms with Gasteiger partial charge < -0.3 is 10.5 Å². The van der Waals surface area contributed by atoms with Crippen molar-refractivity contribution in [2.75, 3.05) is 13.7 Å². The average Bonchev–Trinajstić information content (AvgIpc) is 2.59. The molecule has 2 N–H and O–H groups in total. The lowest BCUT2D eigenvalue weighted by Crippen LogP contribution is -2.30. The van der Waals surface area contributed by atoms with E-state index in [9.17, 15) is 13.2 Å². The lowest BCUT2D eigenvalue weighted by molar-refractivity contribution is 0.1000. The molecule has 0 fully saturated rings. The van der Waals surface area contributed by atoms with Gasteiger partial charge in [0.25, 0.3) is 0 Å². The van der Waals surface area contributed by atoms with E-state index in [4.69, 9.17) is 10.5 Å². The summed E-state index contributed by atoms with van der Waals surface area (Å²) < 4.78 is 31.9. The van der Waals surface area contributed by atoms with Crippen LogP contribution in [0, 0.1) is 0 Å². The van der Waals surface area contributed by atoms with Gasteiger partial charge in [-0.15, -0.1) is 0 Å². The van der Waals surface area contributed by atoms with Crippen LogP contribution in [0.15, 0.2) is 53.4 Å². The number of sulfonamides is 1. The first-order chi connectivity index (χ1) is 11.4. The maximum Gasteiger partial charge on any atom is 0.248 e. The molecule has 0 aliphatic heterocycles. The van der Waals surface area contributed by atoms with Gasteiger partial charge in [0, 0.05) is 18.7 Å². The third kappa shape index (κ3) is 3.93. The fourth-order valence-corrected chi connectivity index (χ4v) is 3.68. The van der Waals surface area contributed by atoms with Crippen LogP contribution >= 0.6 is 0 Å². The summed E-state index contributed by atoms with van der Waals surface area (Å²) >= 11 is 0. The van der Waals surface area contributed by atoms with Crippen LogP contribution in [0.3, 0.4) is 0 Å². The second kappa shape index (κ2) is 7.46. The Morgan fingerprint density at radius 3 is 2.12 bits per heavy atom. The van der Waals surface area contributed by atoms with Crippen LogP contribution in [-0.4, -0.2) is 32.3 Å². The Morgan fingerprint density at radius 2 is 1.67 bits per heavy atom. The first-order valence-corrected chi connectivity index (χ1v) is 8.85. The Labute approximate surface area is 141 Å². The molecule has 7 heteroatoms. The molecule has 0 atom stereocenters. The van der Waals surface area contributed by atoms with E-state index in [2.05, 4.69) is 0 Å². The predicted octanol–water partition coefficient (Wildman–Crippen LogP) is 2.00. The van der Waals surface area contributed by atoms with Crippen molar-refractivity contribution in [2.24, 2.45) is 5.73 Å². The molecule has 2 aromatic rings. The fraction of sp³-hybridized carbons (Fsp3) is 0.235. The normalized spacial score (nSPS) is 11.5. The van der Waals surface area contributed by atoms with Crippen molar-refractivity contribution in [2.45, 2.75) is 18.4 Å². The van der Waals surface area contributed by atoms with E-state index in [0.29, 0.717) is 17.9 Å². The Hall–Kier alpha value is -2.38. The van der Waals surface area contributed by atoms with Gasteiger partial charge >= 0.3 is 0 Å². The number of hydrogen-bond donors (Lipinski definition) is 1. The number of primary amides is 1. The van der Waals surface area contributed by atoms with Crippen molar-refractivity contribution < 1.29 is 17.9 Å². The third-order valence-corrected chi connectivity index (χ3v) is 5.58. The predicted molar refractivity (Wildman–Crippen MR) is 91.2 cm³/mol. The highest BCUT2D eigenvalue weighted by Crippen LogP contribution is 2.21. The van der Waals surface area contributed by atoms with Crippen molar-refractivity contribution in [1.82, 2.24) is 4.31 Å². The Kier molecular flexibility index (Phi) is 5.58. The maximum absolute atomic E-state index is 12.8. The molecule has 6 nitrogen and oxygen atoms in total. The van der Waals surface area contributed by atoms with Crippen molar-refractivity contribution in [1.29, 1.82) is 0 Å². The average molecular weight is 348 g/mol. The van der Waals surface area contributed by atoms with Gasteiger partial charge in [-0.2, -0.15) is 4.31 Å². The van der Waals surface area contributed by atoms with Gasteiger partial charge in [-0.05, 0) is 42.0 Å². The molecule has 0 unspecified atom stereocenters. The molecule has 0 aliphatic carbocycles. The van der Waals surface area contributed by atoms with Gasteiger partial charge in [-0.25, -0.2) is 8.42 Å². The Balaban J connectivity index is 2.23. The number of hydrogen-bond acceptors (Lipinski definition) is 4. The number of carbonyl (C=O) groups excluding carboxylic acids is 1. The zero-order chi connectivity index (χ0) is 17.7. The largest absolute Gasteiger partial charge is 0.497 e. The second-order valence-electron chi connectivity index (χ2n) is 5.17. The topological polar surface area (TPSA) is 89.7 Å². The number of nitrogens with two attached hydrogens (primary N) is 1. The summed E-state index contributed by atoms with van der Waals surface area (Å²) in [6.07, 6.45) is 0.